The zero-order chi connectivity index (χ0) is 18.4. The van der Waals surface area contributed by atoms with Crippen LogP contribution < -0.4 is 0 Å². The number of rotatable bonds is 6. The number of halogens is 1. The average molecular weight is 344 g/mol. The molecule has 0 fully saturated rings. The van der Waals surface area contributed by atoms with E-state index in [1.165, 1.54) is 6.07 Å². The maximum Gasteiger partial charge on any atom is 0.316 e. The summed E-state index contributed by atoms with van der Waals surface area (Å²) in [5.41, 5.74) is 1.73. The van der Waals surface area contributed by atoms with Gasteiger partial charge < -0.3 is 9.47 Å². The number of carbonyl (C=O) groups is 2. The summed E-state index contributed by atoms with van der Waals surface area (Å²) in [6.45, 7) is 4.54. The molecular weight excluding hydrogens is 323 g/mol. The van der Waals surface area contributed by atoms with Crippen molar-refractivity contribution in [3.05, 3.63) is 59.9 Å². The zero-order valence-corrected chi connectivity index (χ0v) is 14.5. The molecule has 0 heterocycles. The molecular formula is C20H21FO4. The van der Waals surface area contributed by atoms with Gasteiger partial charge in [0.1, 0.15) is 5.82 Å². The molecule has 0 saturated heterocycles. The summed E-state index contributed by atoms with van der Waals surface area (Å²) in [6, 6.07) is 13.8. The molecule has 2 aromatic carbocycles. The highest BCUT2D eigenvalue weighted by molar-refractivity contribution is 5.78. The van der Waals surface area contributed by atoms with E-state index in [0.717, 1.165) is 5.56 Å². The molecule has 0 aliphatic carbocycles. The van der Waals surface area contributed by atoms with Gasteiger partial charge in [0.15, 0.2) is 0 Å². The van der Waals surface area contributed by atoms with Crippen molar-refractivity contribution in [2.75, 3.05) is 6.79 Å². The van der Waals surface area contributed by atoms with Crippen LogP contribution in [-0.4, -0.2) is 18.7 Å². The van der Waals surface area contributed by atoms with Gasteiger partial charge >= 0.3 is 11.9 Å². The van der Waals surface area contributed by atoms with Gasteiger partial charge in [-0.05, 0) is 24.1 Å². The highest BCUT2D eigenvalue weighted by atomic mass is 19.1. The molecule has 5 heteroatoms. The fraction of sp³-hybridized carbons (Fsp3) is 0.300. The zero-order valence-electron chi connectivity index (χ0n) is 14.5. The Morgan fingerprint density at radius 3 is 2.20 bits per heavy atom. The van der Waals surface area contributed by atoms with Crippen LogP contribution >= 0.6 is 0 Å². The van der Waals surface area contributed by atoms with Crippen LogP contribution in [0.15, 0.2) is 48.5 Å². The van der Waals surface area contributed by atoms with Crippen LogP contribution in [0, 0.1) is 11.7 Å². The van der Waals surface area contributed by atoms with E-state index >= 15 is 0 Å². The SMILES string of the molecule is CC(C)C(=O)OCOC(=O)C(C)c1ccc(-c2ccccc2)c(F)c1. The lowest BCUT2D eigenvalue weighted by atomic mass is 9.97. The summed E-state index contributed by atoms with van der Waals surface area (Å²) in [5, 5.41) is 0. The molecule has 0 aromatic heterocycles. The van der Waals surface area contributed by atoms with Crippen molar-refractivity contribution in [3.63, 3.8) is 0 Å². The third kappa shape index (κ3) is 4.89. The summed E-state index contributed by atoms with van der Waals surface area (Å²) in [5.74, 6) is -2.40. The molecule has 25 heavy (non-hydrogen) atoms. The molecule has 2 aromatic rings. The van der Waals surface area contributed by atoms with E-state index < -0.39 is 30.5 Å². The van der Waals surface area contributed by atoms with Gasteiger partial charge in [0.25, 0.3) is 0 Å². The molecule has 0 radical (unpaired) electrons. The third-order valence-electron chi connectivity index (χ3n) is 3.81. The van der Waals surface area contributed by atoms with Crippen LogP contribution in [0.5, 0.6) is 0 Å². The van der Waals surface area contributed by atoms with Crippen molar-refractivity contribution in [1.29, 1.82) is 0 Å². The van der Waals surface area contributed by atoms with Crippen LogP contribution in [0.25, 0.3) is 11.1 Å². The highest BCUT2D eigenvalue weighted by Crippen LogP contribution is 2.26. The van der Waals surface area contributed by atoms with Gasteiger partial charge in [-0.1, -0.05) is 56.3 Å². The number of esters is 2. The number of hydrogen-bond acceptors (Lipinski definition) is 4. The van der Waals surface area contributed by atoms with Crippen molar-refractivity contribution < 1.29 is 23.5 Å². The Bertz CT molecular complexity index is 741. The van der Waals surface area contributed by atoms with E-state index in [9.17, 15) is 14.0 Å². The van der Waals surface area contributed by atoms with Crippen molar-refractivity contribution in [3.8, 4) is 11.1 Å². The molecule has 132 valence electrons. The van der Waals surface area contributed by atoms with Gasteiger partial charge in [-0.15, -0.1) is 0 Å². The lowest BCUT2D eigenvalue weighted by Gasteiger charge is -2.14. The fourth-order valence-electron chi connectivity index (χ4n) is 2.23. The monoisotopic (exact) mass is 344 g/mol. The molecule has 0 aliphatic heterocycles. The number of benzene rings is 2. The third-order valence-corrected chi connectivity index (χ3v) is 3.81. The number of carbonyl (C=O) groups excluding carboxylic acids is 2. The largest absolute Gasteiger partial charge is 0.428 e. The topological polar surface area (TPSA) is 52.6 Å². The lowest BCUT2D eigenvalue weighted by molar-refractivity contribution is -0.170. The minimum atomic E-state index is -0.669. The Morgan fingerprint density at radius 2 is 1.60 bits per heavy atom. The molecule has 4 nitrogen and oxygen atoms in total. The van der Waals surface area contributed by atoms with E-state index in [2.05, 4.69) is 0 Å². The molecule has 0 saturated carbocycles. The average Bonchev–Trinajstić information content (AvgIpc) is 2.61. The second kappa shape index (κ2) is 8.42. The van der Waals surface area contributed by atoms with Crippen molar-refractivity contribution >= 4 is 11.9 Å². The first-order valence-corrected chi connectivity index (χ1v) is 8.08. The number of ether oxygens (including phenoxy) is 2. The van der Waals surface area contributed by atoms with Crippen LogP contribution in [0.2, 0.25) is 0 Å². The standard InChI is InChI=1S/C20H21FO4/c1-13(2)19(22)24-12-25-20(23)14(3)16-9-10-17(18(21)11-16)15-7-5-4-6-8-15/h4-11,13-14H,12H2,1-3H3. The van der Waals surface area contributed by atoms with E-state index in [0.29, 0.717) is 11.1 Å². The van der Waals surface area contributed by atoms with Crippen LogP contribution in [0.4, 0.5) is 4.39 Å². The predicted octanol–water partition coefficient (Wildman–Crippen LogP) is 4.30. The molecule has 0 bridgehead atoms. The minimum absolute atomic E-state index is 0.296. The highest BCUT2D eigenvalue weighted by Gasteiger charge is 2.19. The van der Waals surface area contributed by atoms with E-state index in [1.807, 2.05) is 30.3 Å². The van der Waals surface area contributed by atoms with Crippen molar-refractivity contribution in [2.24, 2.45) is 5.92 Å². The number of hydrogen-bond donors (Lipinski definition) is 0. The second-order valence-electron chi connectivity index (χ2n) is 6.03. The van der Waals surface area contributed by atoms with E-state index in [-0.39, 0.29) is 5.92 Å². The van der Waals surface area contributed by atoms with Crippen molar-refractivity contribution in [1.82, 2.24) is 0 Å². The molecule has 0 spiro atoms. The molecule has 1 unspecified atom stereocenters. The Labute approximate surface area is 146 Å². The van der Waals surface area contributed by atoms with E-state index in [4.69, 9.17) is 9.47 Å². The van der Waals surface area contributed by atoms with Gasteiger partial charge in [0.05, 0.1) is 11.8 Å². The van der Waals surface area contributed by atoms with Crippen molar-refractivity contribution in [2.45, 2.75) is 26.7 Å². The molecule has 0 N–H and O–H groups in total. The molecule has 0 amide bonds. The van der Waals surface area contributed by atoms with Gasteiger partial charge in [0.2, 0.25) is 6.79 Å². The fourth-order valence-corrected chi connectivity index (χ4v) is 2.23. The summed E-state index contributed by atoms with van der Waals surface area (Å²) < 4.78 is 24.1. The summed E-state index contributed by atoms with van der Waals surface area (Å²) in [4.78, 5) is 23.3. The molecule has 0 aliphatic rings. The summed E-state index contributed by atoms with van der Waals surface area (Å²) >= 11 is 0. The maximum atomic E-state index is 14.4. The summed E-state index contributed by atoms with van der Waals surface area (Å²) in [6.07, 6.45) is 0. The predicted molar refractivity (Wildman–Crippen MR) is 92.1 cm³/mol. The van der Waals surface area contributed by atoms with Gasteiger partial charge in [-0.25, -0.2) is 4.39 Å². The van der Waals surface area contributed by atoms with E-state index in [1.54, 1.807) is 32.9 Å². The maximum absolute atomic E-state index is 14.4. The Hall–Kier alpha value is -2.69. The van der Waals surface area contributed by atoms with Crippen LogP contribution in [-0.2, 0) is 19.1 Å². The second-order valence-corrected chi connectivity index (χ2v) is 6.03. The lowest BCUT2D eigenvalue weighted by Crippen LogP contribution is -2.19. The quantitative estimate of drug-likeness (QED) is 0.579. The Balaban J connectivity index is 2.02. The van der Waals surface area contributed by atoms with Crippen LogP contribution in [0.3, 0.4) is 0 Å². The molecule has 1 atom stereocenters. The normalized spacial score (nSPS) is 11.9. The first kappa shape index (κ1) is 18.6. The Kier molecular flexibility index (Phi) is 6.28. The first-order valence-electron chi connectivity index (χ1n) is 8.08. The van der Waals surface area contributed by atoms with Gasteiger partial charge in [0, 0.05) is 5.56 Å². The summed E-state index contributed by atoms with van der Waals surface area (Å²) in [7, 11) is 0. The first-order chi connectivity index (χ1) is 11.9. The van der Waals surface area contributed by atoms with Crippen LogP contribution in [0.1, 0.15) is 32.3 Å². The van der Waals surface area contributed by atoms with Gasteiger partial charge in [-0.2, -0.15) is 0 Å². The molecule has 2 rings (SSSR count). The van der Waals surface area contributed by atoms with Gasteiger partial charge in [-0.3, -0.25) is 9.59 Å². The minimum Gasteiger partial charge on any atom is -0.428 e. The Morgan fingerprint density at radius 1 is 0.960 bits per heavy atom. The smallest absolute Gasteiger partial charge is 0.316 e.